The molecule has 3 atom stereocenters. The van der Waals surface area contributed by atoms with Crippen LogP contribution in [0.2, 0.25) is 0 Å². The van der Waals surface area contributed by atoms with E-state index in [2.05, 4.69) is 0 Å². The van der Waals surface area contributed by atoms with Crippen LogP contribution in [0.1, 0.15) is 35.5 Å². The molecular weight excluding hydrogens is 180 g/mol. The van der Waals surface area contributed by atoms with Crippen LogP contribution in [-0.2, 0) is 9.53 Å². The summed E-state index contributed by atoms with van der Waals surface area (Å²) < 4.78 is 12.8. The van der Waals surface area contributed by atoms with E-state index in [0.29, 0.717) is 6.42 Å². The SMILES string of the molecule is [2H][C@](C)(C(=O)OCC)[C@@H]1CC(C)(C)[C@H]1O. The fraction of sp³-hybridized carbons (Fsp3) is 0.909. The van der Waals surface area contributed by atoms with Gasteiger partial charge in [0, 0.05) is 1.37 Å². The minimum absolute atomic E-state index is 0.181. The van der Waals surface area contributed by atoms with Crippen LogP contribution >= 0.6 is 0 Å². The van der Waals surface area contributed by atoms with Crippen molar-refractivity contribution in [3.63, 3.8) is 0 Å². The molecule has 0 spiro atoms. The maximum atomic E-state index is 11.5. The molecular formula is C11H20O3. The third kappa shape index (κ3) is 1.92. The molecule has 0 aliphatic heterocycles. The fourth-order valence-corrected chi connectivity index (χ4v) is 1.97. The molecule has 3 heteroatoms. The van der Waals surface area contributed by atoms with Crippen LogP contribution in [-0.4, -0.2) is 23.8 Å². The monoisotopic (exact) mass is 201 g/mol. The van der Waals surface area contributed by atoms with Gasteiger partial charge in [-0.2, -0.15) is 0 Å². The summed E-state index contributed by atoms with van der Waals surface area (Å²) in [6, 6.07) is 0. The Labute approximate surface area is 86.9 Å². The summed E-state index contributed by atoms with van der Waals surface area (Å²) in [7, 11) is 0. The van der Waals surface area contributed by atoms with Crippen LogP contribution < -0.4 is 0 Å². The molecule has 0 aromatic heterocycles. The van der Waals surface area contributed by atoms with E-state index in [0.717, 1.165) is 0 Å². The molecule has 1 N–H and O–H groups in total. The molecule has 0 saturated heterocycles. The average molecular weight is 201 g/mol. The maximum Gasteiger partial charge on any atom is 0.309 e. The minimum atomic E-state index is -1.33. The number of carbonyl (C=O) groups excluding carboxylic acids is 1. The van der Waals surface area contributed by atoms with Gasteiger partial charge in [0.15, 0.2) is 0 Å². The zero-order chi connectivity index (χ0) is 11.9. The van der Waals surface area contributed by atoms with Gasteiger partial charge in [-0.05, 0) is 24.7 Å². The van der Waals surface area contributed by atoms with Crippen molar-refractivity contribution in [2.45, 2.75) is 40.2 Å². The van der Waals surface area contributed by atoms with Gasteiger partial charge in [0.05, 0.1) is 18.6 Å². The Bertz CT molecular complexity index is 261. The lowest BCUT2D eigenvalue weighted by molar-refractivity contribution is -0.165. The summed E-state index contributed by atoms with van der Waals surface area (Å²) in [6.07, 6.45) is 0.0943. The molecule has 14 heavy (non-hydrogen) atoms. The highest BCUT2D eigenvalue weighted by atomic mass is 16.5. The minimum Gasteiger partial charge on any atom is -0.466 e. The van der Waals surface area contributed by atoms with Gasteiger partial charge in [0.25, 0.3) is 0 Å². The normalized spacial score (nSPS) is 35.1. The topological polar surface area (TPSA) is 46.5 Å². The summed E-state index contributed by atoms with van der Waals surface area (Å²) >= 11 is 0. The molecule has 0 amide bonds. The van der Waals surface area contributed by atoms with Crippen molar-refractivity contribution in [3.8, 4) is 0 Å². The van der Waals surface area contributed by atoms with Gasteiger partial charge >= 0.3 is 5.97 Å². The van der Waals surface area contributed by atoms with E-state index < -0.39 is 18.0 Å². The number of esters is 1. The number of ether oxygens (including phenoxy) is 1. The van der Waals surface area contributed by atoms with Gasteiger partial charge in [-0.15, -0.1) is 0 Å². The standard InChI is InChI=1S/C11H20O3/c1-5-14-10(13)7(2)8-6-11(3,4)9(8)12/h7-9,12H,5-6H2,1-4H3/t7-,8+,9+/m1/s1/i7D. The second-order valence-electron chi connectivity index (χ2n) is 4.65. The van der Waals surface area contributed by atoms with Gasteiger partial charge in [0.1, 0.15) is 0 Å². The molecule has 0 unspecified atom stereocenters. The Morgan fingerprint density at radius 1 is 1.79 bits per heavy atom. The molecule has 0 aromatic rings. The van der Waals surface area contributed by atoms with E-state index in [-0.39, 0.29) is 17.9 Å². The van der Waals surface area contributed by atoms with Gasteiger partial charge in [-0.1, -0.05) is 20.8 Å². The van der Waals surface area contributed by atoms with Gasteiger partial charge < -0.3 is 9.84 Å². The van der Waals surface area contributed by atoms with Crippen LogP contribution in [0.25, 0.3) is 0 Å². The van der Waals surface area contributed by atoms with Crippen LogP contribution in [0.15, 0.2) is 0 Å². The lowest BCUT2D eigenvalue weighted by Crippen LogP contribution is -2.52. The Hall–Kier alpha value is -0.570. The summed E-state index contributed by atoms with van der Waals surface area (Å²) in [4.78, 5) is 11.5. The van der Waals surface area contributed by atoms with Crippen molar-refractivity contribution in [2.75, 3.05) is 6.61 Å². The number of aliphatic hydroxyl groups excluding tert-OH is 1. The number of carbonyl (C=O) groups is 1. The molecule has 0 aromatic carbocycles. The molecule has 0 radical (unpaired) electrons. The molecule has 1 fully saturated rings. The summed E-state index contributed by atoms with van der Waals surface area (Å²) in [5.41, 5.74) is -0.181. The predicted octanol–water partition coefficient (Wildman–Crippen LogP) is 1.59. The fourth-order valence-electron chi connectivity index (χ4n) is 1.97. The highest BCUT2D eigenvalue weighted by molar-refractivity contribution is 5.72. The quantitative estimate of drug-likeness (QED) is 0.705. The third-order valence-electron chi connectivity index (χ3n) is 3.08. The van der Waals surface area contributed by atoms with E-state index >= 15 is 0 Å². The average Bonchev–Trinajstić information content (AvgIpc) is 2.14. The summed E-state index contributed by atoms with van der Waals surface area (Å²) in [5.74, 6) is -2.18. The second kappa shape index (κ2) is 3.89. The van der Waals surface area contributed by atoms with Crippen molar-refractivity contribution in [2.24, 2.45) is 17.2 Å². The first-order valence-electron chi connectivity index (χ1n) is 5.58. The molecule has 3 nitrogen and oxygen atoms in total. The van der Waals surface area contributed by atoms with E-state index in [1.165, 1.54) is 6.92 Å². The summed E-state index contributed by atoms with van der Waals surface area (Å²) in [5, 5.41) is 9.86. The highest BCUT2D eigenvalue weighted by Crippen LogP contribution is 2.48. The maximum absolute atomic E-state index is 11.5. The van der Waals surface area contributed by atoms with E-state index in [9.17, 15) is 9.90 Å². The zero-order valence-electron chi connectivity index (χ0n) is 10.3. The van der Waals surface area contributed by atoms with Gasteiger partial charge in [0.2, 0.25) is 0 Å². The van der Waals surface area contributed by atoms with E-state index in [4.69, 9.17) is 6.11 Å². The Morgan fingerprint density at radius 3 is 2.71 bits per heavy atom. The first-order chi connectivity index (χ1) is 6.73. The summed E-state index contributed by atoms with van der Waals surface area (Å²) in [6.45, 7) is 7.40. The first kappa shape index (κ1) is 9.97. The molecule has 0 bridgehead atoms. The lowest BCUT2D eigenvalue weighted by Gasteiger charge is -2.50. The Kier molecular flexibility index (Phi) is 2.77. The van der Waals surface area contributed by atoms with Crippen molar-refractivity contribution in [1.29, 1.82) is 0 Å². The third-order valence-corrected chi connectivity index (χ3v) is 3.08. The predicted molar refractivity (Wildman–Crippen MR) is 53.7 cm³/mol. The molecule has 1 aliphatic rings. The van der Waals surface area contributed by atoms with Crippen LogP contribution in [0.4, 0.5) is 0 Å². The molecule has 1 rings (SSSR count). The number of aliphatic hydroxyl groups is 1. The highest BCUT2D eigenvalue weighted by Gasteiger charge is 2.50. The molecule has 82 valence electrons. The first-order valence-corrected chi connectivity index (χ1v) is 5.08. The van der Waals surface area contributed by atoms with Crippen LogP contribution in [0.3, 0.4) is 0 Å². The number of hydrogen-bond donors (Lipinski definition) is 1. The zero-order valence-corrected chi connectivity index (χ0v) is 9.33. The largest absolute Gasteiger partial charge is 0.466 e. The van der Waals surface area contributed by atoms with Crippen molar-refractivity contribution < 1.29 is 16.0 Å². The van der Waals surface area contributed by atoms with Gasteiger partial charge in [-0.3, -0.25) is 4.79 Å². The molecule has 1 saturated carbocycles. The van der Waals surface area contributed by atoms with Crippen LogP contribution in [0.5, 0.6) is 0 Å². The van der Waals surface area contributed by atoms with Crippen molar-refractivity contribution >= 4 is 5.97 Å². The van der Waals surface area contributed by atoms with Crippen molar-refractivity contribution in [1.82, 2.24) is 0 Å². The van der Waals surface area contributed by atoms with E-state index in [1.54, 1.807) is 6.92 Å². The van der Waals surface area contributed by atoms with Crippen molar-refractivity contribution in [3.05, 3.63) is 0 Å². The number of hydrogen-bond acceptors (Lipinski definition) is 3. The molecule has 0 heterocycles. The van der Waals surface area contributed by atoms with Crippen LogP contribution in [0, 0.1) is 17.2 Å². The lowest BCUT2D eigenvalue weighted by atomic mass is 9.58. The number of rotatable bonds is 3. The Balaban J connectivity index is 2.68. The van der Waals surface area contributed by atoms with Gasteiger partial charge in [-0.25, -0.2) is 0 Å². The van der Waals surface area contributed by atoms with E-state index in [1.807, 2.05) is 13.8 Å². The molecule has 1 aliphatic carbocycles. The second-order valence-corrected chi connectivity index (χ2v) is 4.65. The smallest absolute Gasteiger partial charge is 0.309 e. The Morgan fingerprint density at radius 2 is 2.36 bits per heavy atom.